The molecule has 0 amide bonds. The molecule has 0 unspecified atom stereocenters. The number of halogens is 1. The van der Waals surface area contributed by atoms with Crippen LogP contribution < -0.4 is 0 Å². The number of nitrogens with zero attached hydrogens (tertiary/aromatic N) is 2. The second-order valence-electron chi connectivity index (χ2n) is 10.4. The Morgan fingerprint density at radius 1 is 0.881 bits per heavy atom. The van der Waals surface area contributed by atoms with Crippen LogP contribution in [0.3, 0.4) is 0 Å². The summed E-state index contributed by atoms with van der Waals surface area (Å²) >= 11 is 3.48. The van der Waals surface area contributed by atoms with E-state index < -0.39 is 41.5 Å². The van der Waals surface area contributed by atoms with Crippen LogP contribution >= 0.6 is 15.9 Å². The molecule has 1 fully saturated rings. The molecule has 208 valence electrons. The first-order valence-electron chi connectivity index (χ1n) is 13.6. The number of hydrogen-bond donors (Lipinski definition) is 0. The van der Waals surface area contributed by atoms with Gasteiger partial charge in [-0.2, -0.15) is 5.26 Å². The van der Waals surface area contributed by atoms with E-state index in [1.54, 1.807) is 6.20 Å². The minimum atomic E-state index is -1.75. The van der Waals surface area contributed by atoms with Crippen molar-refractivity contribution in [1.29, 1.82) is 5.26 Å². The van der Waals surface area contributed by atoms with Gasteiger partial charge in [-0.15, -0.1) is 0 Å². The quantitative estimate of drug-likeness (QED) is 0.217. The van der Waals surface area contributed by atoms with Gasteiger partial charge >= 0.3 is 11.9 Å². The van der Waals surface area contributed by atoms with Gasteiger partial charge in [-0.1, -0.05) is 113 Å². The lowest BCUT2D eigenvalue weighted by Gasteiger charge is -2.36. The lowest BCUT2D eigenvalue weighted by molar-refractivity contribution is -0.153. The zero-order valence-corrected chi connectivity index (χ0v) is 24.3. The Labute approximate surface area is 252 Å². The molecular formula is C35H27BrN2O4. The standard InChI is InChI=1S/C35H27BrN2O4/c1-41-34(40)35(22-37)29(24-16-18-27(36)19-17-24)30(38-21-20-23-10-8-9-15-28(23)32(35)38)33(39)42-31(25-11-4-2-5-12-25)26-13-6-3-7-14-26/h2-21,29-32H,1H3/t29-,30+,32-,35-/m0/s1. The lowest BCUT2D eigenvalue weighted by atomic mass is 9.67. The average molecular weight is 620 g/mol. The molecule has 0 N–H and O–H groups in total. The Morgan fingerprint density at radius 2 is 1.48 bits per heavy atom. The number of nitriles is 1. The Morgan fingerprint density at radius 3 is 2.07 bits per heavy atom. The molecule has 42 heavy (non-hydrogen) atoms. The molecule has 0 aromatic heterocycles. The summed E-state index contributed by atoms with van der Waals surface area (Å²) in [6.45, 7) is 0. The van der Waals surface area contributed by atoms with Gasteiger partial charge in [0.25, 0.3) is 0 Å². The topological polar surface area (TPSA) is 79.6 Å². The second-order valence-corrected chi connectivity index (χ2v) is 11.3. The summed E-state index contributed by atoms with van der Waals surface area (Å²) in [4.78, 5) is 30.2. The Balaban J connectivity index is 1.54. The molecule has 0 saturated carbocycles. The van der Waals surface area contributed by atoms with Crippen molar-refractivity contribution < 1.29 is 19.1 Å². The van der Waals surface area contributed by atoms with Gasteiger partial charge < -0.3 is 14.4 Å². The van der Waals surface area contributed by atoms with Crippen molar-refractivity contribution in [2.24, 2.45) is 5.41 Å². The van der Waals surface area contributed by atoms with Gasteiger partial charge in [-0.25, -0.2) is 4.79 Å². The second kappa shape index (κ2) is 11.3. The molecule has 2 aliphatic heterocycles. The normalized spacial score (nSPS) is 22.1. The van der Waals surface area contributed by atoms with Crippen molar-refractivity contribution in [3.05, 3.63) is 148 Å². The fraction of sp³-hybridized carbons (Fsp3) is 0.171. The van der Waals surface area contributed by atoms with Crippen LogP contribution in [-0.2, 0) is 19.1 Å². The highest BCUT2D eigenvalue weighted by atomic mass is 79.9. The van der Waals surface area contributed by atoms with Crippen LogP contribution in [0.1, 0.15) is 45.9 Å². The molecule has 4 aromatic carbocycles. The van der Waals surface area contributed by atoms with E-state index in [-0.39, 0.29) is 0 Å². The van der Waals surface area contributed by atoms with Crippen LogP contribution in [0.4, 0.5) is 0 Å². The smallest absolute Gasteiger partial charge is 0.330 e. The Hall–Kier alpha value is -4.67. The van der Waals surface area contributed by atoms with Crippen LogP contribution in [-0.4, -0.2) is 30.0 Å². The predicted octanol–water partition coefficient (Wildman–Crippen LogP) is 6.96. The monoisotopic (exact) mass is 618 g/mol. The summed E-state index contributed by atoms with van der Waals surface area (Å²) in [6, 6.07) is 34.6. The predicted molar refractivity (Wildman–Crippen MR) is 162 cm³/mol. The maximum Gasteiger partial charge on any atom is 0.330 e. The zero-order valence-electron chi connectivity index (χ0n) is 22.8. The van der Waals surface area contributed by atoms with E-state index >= 15 is 0 Å². The van der Waals surface area contributed by atoms with Gasteiger partial charge in [0.1, 0.15) is 6.04 Å². The van der Waals surface area contributed by atoms with E-state index in [9.17, 15) is 14.9 Å². The number of rotatable bonds is 6. The van der Waals surface area contributed by atoms with E-state index in [4.69, 9.17) is 9.47 Å². The number of benzene rings is 4. The zero-order chi connectivity index (χ0) is 29.3. The number of fused-ring (bicyclic) bond motifs is 3. The van der Waals surface area contributed by atoms with Crippen molar-refractivity contribution in [2.75, 3.05) is 7.11 Å². The van der Waals surface area contributed by atoms with Crippen LogP contribution in [0, 0.1) is 16.7 Å². The van der Waals surface area contributed by atoms with E-state index in [1.165, 1.54) is 7.11 Å². The minimum absolute atomic E-state index is 0.546. The van der Waals surface area contributed by atoms with Gasteiger partial charge in [-0.3, -0.25) is 4.79 Å². The van der Waals surface area contributed by atoms with E-state index in [1.807, 2.05) is 120 Å². The number of carbonyl (C=O) groups excluding carboxylic acids is 2. The molecule has 2 aliphatic rings. The Kier molecular flexibility index (Phi) is 7.40. The number of esters is 2. The summed E-state index contributed by atoms with van der Waals surface area (Å²) in [5.74, 6) is -2.14. The molecule has 4 aromatic rings. The fourth-order valence-electron chi connectivity index (χ4n) is 6.38. The third-order valence-electron chi connectivity index (χ3n) is 8.19. The number of ether oxygens (including phenoxy) is 2. The fourth-order valence-corrected chi connectivity index (χ4v) is 6.64. The highest BCUT2D eigenvalue weighted by molar-refractivity contribution is 9.10. The lowest BCUT2D eigenvalue weighted by Crippen LogP contribution is -2.41. The summed E-state index contributed by atoms with van der Waals surface area (Å²) < 4.78 is 12.6. The molecule has 1 saturated heterocycles. The Bertz CT molecular complexity index is 1640. The summed E-state index contributed by atoms with van der Waals surface area (Å²) in [6.07, 6.45) is 3.01. The molecule has 2 heterocycles. The molecular weight excluding hydrogens is 592 g/mol. The van der Waals surface area contributed by atoms with Crippen molar-refractivity contribution >= 4 is 33.9 Å². The summed E-state index contributed by atoms with van der Waals surface area (Å²) in [5, 5.41) is 10.9. The number of carbonyl (C=O) groups is 2. The van der Waals surface area contributed by atoms with E-state index in [0.29, 0.717) is 5.56 Å². The molecule has 0 aliphatic carbocycles. The third-order valence-corrected chi connectivity index (χ3v) is 8.72. The third kappa shape index (κ3) is 4.49. The first-order valence-corrected chi connectivity index (χ1v) is 14.4. The van der Waals surface area contributed by atoms with Crippen molar-refractivity contribution in [2.45, 2.75) is 24.1 Å². The van der Waals surface area contributed by atoms with E-state index in [0.717, 1.165) is 26.7 Å². The van der Waals surface area contributed by atoms with Crippen molar-refractivity contribution in [3.8, 4) is 6.07 Å². The molecule has 0 radical (unpaired) electrons. The van der Waals surface area contributed by atoms with Gasteiger partial charge in [0.05, 0.1) is 19.2 Å². The average Bonchev–Trinajstić information content (AvgIpc) is 3.36. The largest absolute Gasteiger partial charge is 0.468 e. The van der Waals surface area contributed by atoms with Crippen LogP contribution in [0.2, 0.25) is 0 Å². The minimum Gasteiger partial charge on any atom is -0.468 e. The van der Waals surface area contributed by atoms with Crippen LogP contribution in [0.5, 0.6) is 0 Å². The first-order chi connectivity index (χ1) is 20.5. The molecule has 6 nitrogen and oxygen atoms in total. The molecule has 0 bridgehead atoms. The van der Waals surface area contributed by atoms with E-state index in [2.05, 4.69) is 22.0 Å². The molecule has 6 rings (SSSR count). The summed E-state index contributed by atoms with van der Waals surface area (Å²) in [5.41, 5.74) is 2.17. The highest BCUT2D eigenvalue weighted by Crippen LogP contribution is 2.60. The molecule has 0 spiro atoms. The maximum absolute atomic E-state index is 14.6. The number of methoxy groups -OCH3 is 1. The SMILES string of the molecule is COC(=O)[C@]1(C#N)[C@@H]2c3ccccc3C=CN2[C@@H](C(=O)OC(c2ccccc2)c2ccccc2)[C@@H]1c1ccc(Br)cc1. The first kappa shape index (κ1) is 27.5. The molecule has 4 atom stereocenters. The van der Waals surface area contributed by atoms with Gasteiger partial charge in [0, 0.05) is 16.6 Å². The summed E-state index contributed by atoms with van der Waals surface area (Å²) in [7, 11) is 1.28. The molecule has 7 heteroatoms. The maximum atomic E-state index is 14.6. The highest BCUT2D eigenvalue weighted by Gasteiger charge is 2.68. The number of hydrogen-bond acceptors (Lipinski definition) is 6. The van der Waals surface area contributed by atoms with Gasteiger partial charge in [0.2, 0.25) is 0 Å². The van der Waals surface area contributed by atoms with Gasteiger partial charge in [0.15, 0.2) is 11.5 Å². The van der Waals surface area contributed by atoms with Crippen molar-refractivity contribution in [1.82, 2.24) is 4.90 Å². The van der Waals surface area contributed by atoms with Crippen LogP contribution in [0.25, 0.3) is 6.08 Å². The van der Waals surface area contributed by atoms with Crippen LogP contribution in [0.15, 0.2) is 120 Å². The van der Waals surface area contributed by atoms with Gasteiger partial charge in [-0.05, 0) is 46.0 Å². The van der Waals surface area contributed by atoms with Crippen molar-refractivity contribution in [3.63, 3.8) is 0 Å².